The third-order valence-corrected chi connectivity index (χ3v) is 3.31. The molecule has 106 valence electrons. The molecule has 0 radical (unpaired) electrons. The summed E-state index contributed by atoms with van der Waals surface area (Å²) in [5.74, 6) is 1.53. The fourth-order valence-corrected chi connectivity index (χ4v) is 2.46. The molecule has 1 saturated carbocycles. The first kappa shape index (κ1) is 13.8. The highest BCUT2D eigenvalue weighted by Crippen LogP contribution is 2.26. The highest BCUT2D eigenvalue weighted by molar-refractivity contribution is 5.35. The average Bonchev–Trinajstić information content (AvgIpc) is 2.80. The summed E-state index contributed by atoms with van der Waals surface area (Å²) in [6.07, 6.45) is 5.27. The molecule has 0 spiro atoms. The van der Waals surface area contributed by atoms with Crippen LogP contribution in [0.15, 0.2) is 0 Å². The van der Waals surface area contributed by atoms with Crippen LogP contribution >= 0.6 is 0 Å². The molecule has 0 aliphatic heterocycles. The Hall–Kier alpha value is -1.59. The molecule has 0 saturated heterocycles. The molecule has 0 aromatic carbocycles. The molecule has 0 amide bonds. The SMILES string of the molecule is CC(C)Oc1nc(N)nc(N(C)CC2CCCC2)n1. The first-order valence-corrected chi connectivity index (χ1v) is 6.94. The Bertz CT molecular complexity index is 417. The Morgan fingerprint density at radius 2 is 1.95 bits per heavy atom. The summed E-state index contributed by atoms with van der Waals surface area (Å²) >= 11 is 0. The topological polar surface area (TPSA) is 77.2 Å². The molecule has 19 heavy (non-hydrogen) atoms. The molecule has 0 unspecified atom stereocenters. The van der Waals surface area contributed by atoms with E-state index in [-0.39, 0.29) is 12.1 Å². The van der Waals surface area contributed by atoms with Gasteiger partial charge in [0.2, 0.25) is 11.9 Å². The van der Waals surface area contributed by atoms with Gasteiger partial charge in [-0.3, -0.25) is 0 Å². The summed E-state index contributed by atoms with van der Waals surface area (Å²) in [7, 11) is 1.99. The number of aromatic nitrogens is 3. The van der Waals surface area contributed by atoms with Gasteiger partial charge in [0.1, 0.15) is 0 Å². The lowest BCUT2D eigenvalue weighted by Gasteiger charge is -2.21. The van der Waals surface area contributed by atoms with Gasteiger partial charge in [-0.05, 0) is 32.6 Å². The van der Waals surface area contributed by atoms with Crippen LogP contribution in [-0.4, -0.2) is 34.6 Å². The van der Waals surface area contributed by atoms with Crippen molar-refractivity contribution in [2.45, 2.75) is 45.6 Å². The van der Waals surface area contributed by atoms with Crippen molar-refractivity contribution in [1.29, 1.82) is 0 Å². The van der Waals surface area contributed by atoms with E-state index in [1.165, 1.54) is 25.7 Å². The van der Waals surface area contributed by atoms with E-state index in [0.717, 1.165) is 12.5 Å². The largest absolute Gasteiger partial charge is 0.461 e. The summed E-state index contributed by atoms with van der Waals surface area (Å²) < 4.78 is 5.49. The van der Waals surface area contributed by atoms with E-state index < -0.39 is 0 Å². The lowest BCUT2D eigenvalue weighted by molar-refractivity contribution is 0.222. The summed E-state index contributed by atoms with van der Waals surface area (Å²) in [5, 5.41) is 0. The molecule has 6 heteroatoms. The van der Waals surface area contributed by atoms with Gasteiger partial charge in [0.25, 0.3) is 0 Å². The molecule has 1 aromatic heterocycles. The number of hydrogen-bond donors (Lipinski definition) is 1. The first-order valence-electron chi connectivity index (χ1n) is 6.94. The van der Waals surface area contributed by atoms with Gasteiger partial charge in [0, 0.05) is 13.6 Å². The van der Waals surface area contributed by atoms with Crippen molar-refractivity contribution in [3.8, 4) is 6.01 Å². The Labute approximate surface area is 114 Å². The third-order valence-electron chi connectivity index (χ3n) is 3.31. The van der Waals surface area contributed by atoms with E-state index in [2.05, 4.69) is 15.0 Å². The second-order valence-corrected chi connectivity index (χ2v) is 5.47. The minimum Gasteiger partial charge on any atom is -0.461 e. The second-order valence-electron chi connectivity index (χ2n) is 5.47. The van der Waals surface area contributed by atoms with Crippen molar-refractivity contribution in [2.24, 2.45) is 5.92 Å². The van der Waals surface area contributed by atoms with Crippen LogP contribution in [-0.2, 0) is 0 Å². The van der Waals surface area contributed by atoms with Gasteiger partial charge in [-0.1, -0.05) is 12.8 Å². The van der Waals surface area contributed by atoms with Gasteiger partial charge in [0.15, 0.2) is 0 Å². The summed E-state index contributed by atoms with van der Waals surface area (Å²) in [5.41, 5.74) is 5.71. The maximum absolute atomic E-state index is 5.71. The van der Waals surface area contributed by atoms with Gasteiger partial charge in [-0.15, -0.1) is 0 Å². The lowest BCUT2D eigenvalue weighted by atomic mass is 10.1. The highest BCUT2D eigenvalue weighted by atomic mass is 16.5. The van der Waals surface area contributed by atoms with Crippen LogP contribution in [0.1, 0.15) is 39.5 Å². The number of nitrogen functional groups attached to an aromatic ring is 1. The van der Waals surface area contributed by atoms with Gasteiger partial charge in [-0.25, -0.2) is 0 Å². The van der Waals surface area contributed by atoms with Gasteiger partial charge < -0.3 is 15.4 Å². The van der Waals surface area contributed by atoms with Crippen LogP contribution in [0.25, 0.3) is 0 Å². The molecule has 0 bridgehead atoms. The van der Waals surface area contributed by atoms with E-state index in [0.29, 0.717) is 12.0 Å². The van der Waals surface area contributed by atoms with Crippen molar-refractivity contribution in [3.05, 3.63) is 0 Å². The molecule has 1 fully saturated rings. The maximum Gasteiger partial charge on any atom is 0.323 e. The monoisotopic (exact) mass is 265 g/mol. The smallest absolute Gasteiger partial charge is 0.323 e. The summed E-state index contributed by atoms with van der Waals surface area (Å²) in [6.45, 7) is 4.83. The van der Waals surface area contributed by atoms with E-state index in [1.54, 1.807) is 0 Å². The Morgan fingerprint density at radius 3 is 2.58 bits per heavy atom. The van der Waals surface area contributed by atoms with Crippen LogP contribution in [0.5, 0.6) is 6.01 Å². The number of anilines is 2. The number of hydrogen-bond acceptors (Lipinski definition) is 6. The van der Waals surface area contributed by atoms with E-state index in [4.69, 9.17) is 10.5 Å². The van der Waals surface area contributed by atoms with Crippen LogP contribution < -0.4 is 15.4 Å². The third kappa shape index (κ3) is 3.94. The summed E-state index contributed by atoms with van der Waals surface area (Å²) in [4.78, 5) is 14.5. The number of nitrogens with two attached hydrogens (primary N) is 1. The van der Waals surface area contributed by atoms with E-state index in [9.17, 15) is 0 Å². The summed E-state index contributed by atoms with van der Waals surface area (Å²) in [6, 6.07) is 0.302. The minimum atomic E-state index is 0.0230. The minimum absolute atomic E-state index is 0.0230. The zero-order chi connectivity index (χ0) is 13.8. The zero-order valence-electron chi connectivity index (χ0n) is 12.0. The number of nitrogens with zero attached hydrogens (tertiary/aromatic N) is 4. The predicted octanol–water partition coefficient (Wildman–Crippen LogP) is 1.87. The van der Waals surface area contributed by atoms with Crippen molar-refractivity contribution < 1.29 is 4.74 Å². The molecular formula is C13H23N5O. The number of rotatable bonds is 5. The van der Waals surface area contributed by atoms with Gasteiger partial charge >= 0.3 is 6.01 Å². The highest BCUT2D eigenvalue weighted by Gasteiger charge is 2.19. The Morgan fingerprint density at radius 1 is 1.26 bits per heavy atom. The first-order chi connectivity index (χ1) is 9.04. The Balaban J connectivity index is 2.06. The maximum atomic E-state index is 5.71. The van der Waals surface area contributed by atoms with E-state index in [1.807, 2.05) is 25.8 Å². The van der Waals surface area contributed by atoms with Crippen LogP contribution in [0.3, 0.4) is 0 Å². The number of ether oxygens (including phenoxy) is 1. The van der Waals surface area contributed by atoms with E-state index >= 15 is 0 Å². The fourth-order valence-electron chi connectivity index (χ4n) is 2.46. The average molecular weight is 265 g/mol. The molecule has 0 atom stereocenters. The predicted molar refractivity (Wildman–Crippen MR) is 75.2 cm³/mol. The van der Waals surface area contributed by atoms with Crippen LogP contribution in [0.4, 0.5) is 11.9 Å². The van der Waals surface area contributed by atoms with Crippen LogP contribution in [0, 0.1) is 5.92 Å². The van der Waals surface area contributed by atoms with Gasteiger partial charge in [-0.2, -0.15) is 15.0 Å². The molecule has 2 N–H and O–H groups in total. The molecule has 1 aliphatic rings. The van der Waals surface area contributed by atoms with Crippen molar-refractivity contribution in [1.82, 2.24) is 15.0 Å². The Kier molecular flexibility index (Phi) is 4.39. The molecule has 1 aliphatic carbocycles. The quantitative estimate of drug-likeness (QED) is 0.875. The van der Waals surface area contributed by atoms with Crippen LogP contribution in [0.2, 0.25) is 0 Å². The standard InChI is InChI=1S/C13H23N5O/c1-9(2)19-13-16-11(14)15-12(17-13)18(3)8-10-6-4-5-7-10/h9-10H,4-8H2,1-3H3,(H2,14,15,16,17). The lowest BCUT2D eigenvalue weighted by Crippen LogP contribution is -2.26. The molecule has 2 rings (SSSR count). The van der Waals surface area contributed by atoms with Gasteiger partial charge in [0.05, 0.1) is 6.10 Å². The zero-order valence-corrected chi connectivity index (χ0v) is 12.0. The molecule has 6 nitrogen and oxygen atoms in total. The molecule has 1 heterocycles. The fraction of sp³-hybridized carbons (Fsp3) is 0.769. The molecular weight excluding hydrogens is 242 g/mol. The van der Waals surface area contributed by atoms with Crippen molar-refractivity contribution in [2.75, 3.05) is 24.2 Å². The van der Waals surface area contributed by atoms with Crippen molar-refractivity contribution in [3.63, 3.8) is 0 Å². The molecule has 1 aromatic rings. The van der Waals surface area contributed by atoms with Crippen molar-refractivity contribution >= 4 is 11.9 Å². The normalized spacial score (nSPS) is 16.0. The second kappa shape index (κ2) is 6.04.